The van der Waals surface area contributed by atoms with Gasteiger partial charge in [-0.05, 0) is 12.5 Å². The molecule has 0 aliphatic rings. The van der Waals surface area contributed by atoms with Crippen molar-refractivity contribution in [2.45, 2.75) is 20.0 Å². The lowest BCUT2D eigenvalue weighted by Crippen LogP contribution is -2.19. The van der Waals surface area contributed by atoms with Crippen molar-refractivity contribution in [3.63, 3.8) is 0 Å². The highest BCUT2D eigenvalue weighted by atomic mass is 32.1. The maximum Gasteiger partial charge on any atom is 0.123 e. The molecule has 0 aliphatic carbocycles. The number of hydrogen-bond donors (Lipinski definition) is 1. The fourth-order valence-electron chi connectivity index (χ4n) is 2.10. The maximum absolute atomic E-state index is 4.66. The van der Waals surface area contributed by atoms with Gasteiger partial charge < -0.3 is 5.32 Å². The molecule has 1 aromatic carbocycles. The van der Waals surface area contributed by atoms with Crippen molar-refractivity contribution in [2.75, 3.05) is 6.54 Å². The first-order valence-electron chi connectivity index (χ1n) is 7.01. The Bertz CT molecular complexity index is 687. The Kier molecular flexibility index (Phi) is 4.43. The van der Waals surface area contributed by atoms with Gasteiger partial charge in [-0.15, -0.1) is 11.3 Å². The number of nitrogens with zero attached hydrogens (tertiary/aromatic N) is 3. The molecule has 5 heteroatoms. The van der Waals surface area contributed by atoms with E-state index in [0.29, 0.717) is 0 Å². The van der Waals surface area contributed by atoms with Gasteiger partial charge in [-0.25, -0.2) is 4.98 Å². The minimum Gasteiger partial charge on any atom is -0.309 e. The molecule has 3 rings (SSSR count). The molecule has 3 aromatic rings. The summed E-state index contributed by atoms with van der Waals surface area (Å²) in [6.45, 7) is 4.61. The molecular formula is C16H18N4S. The highest BCUT2D eigenvalue weighted by molar-refractivity contribution is 7.13. The van der Waals surface area contributed by atoms with Crippen LogP contribution in [0.15, 0.2) is 48.1 Å². The fraction of sp³-hybridized carbons (Fsp3) is 0.250. The molecule has 0 bridgehead atoms. The molecule has 0 saturated carbocycles. The smallest absolute Gasteiger partial charge is 0.123 e. The highest BCUT2D eigenvalue weighted by Gasteiger charge is 2.03. The molecule has 2 heterocycles. The minimum atomic E-state index is 0.795. The van der Waals surface area contributed by atoms with E-state index in [1.54, 1.807) is 11.3 Å². The molecule has 0 unspecified atom stereocenters. The number of thiazole rings is 1. The van der Waals surface area contributed by atoms with Gasteiger partial charge in [0.1, 0.15) is 5.01 Å². The number of rotatable bonds is 6. The second-order valence-electron chi connectivity index (χ2n) is 4.97. The van der Waals surface area contributed by atoms with E-state index in [1.807, 2.05) is 29.1 Å². The summed E-state index contributed by atoms with van der Waals surface area (Å²) in [6.07, 6.45) is 3.94. The Balaban J connectivity index is 1.49. The van der Waals surface area contributed by atoms with E-state index in [0.717, 1.165) is 30.3 Å². The van der Waals surface area contributed by atoms with Crippen LogP contribution in [0.3, 0.4) is 0 Å². The molecule has 0 saturated heterocycles. The maximum atomic E-state index is 4.66. The molecule has 21 heavy (non-hydrogen) atoms. The normalized spacial score (nSPS) is 10.9. The Hall–Kier alpha value is -1.98. The van der Waals surface area contributed by atoms with E-state index < -0.39 is 0 Å². The summed E-state index contributed by atoms with van der Waals surface area (Å²) >= 11 is 1.69. The molecule has 1 N–H and O–H groups in total. The van der Waals surface area contributed by atoms with Gasteiger partial charge in [0.05, 0.1) is 18.4 Å². The average molecular weight is 298 g/mol. The summed E-state index contributed by atoms with van der Waals surface area (Å²) in [6, 6.07) is 10.3. The lowest BCUT2D eigenvalue weighted by atomic mass is 10.2. The molecular weight excluding hydrogens is 280 g/mol. The van der Waals surface area contributed by atoms with Crippen LogP contribution in [0.5, 0.6) is 0 Å². The molecule has 108 valence electrons. The van der Waals surface area contributed by atoms with Gasteiger partial charge in [0.15, 0.2) is 0 Å². The summed E-state index contributed by atoms with van der Waals surface area (Å²) in [5.74, 6) is 0. The Labute approximate surface area is 128 Å². The van der Waals surface area contributed by atoms with Crippen LogP contribution in [0.1, 0.15) is 11.3 Å². The average Bonchev–Trinajstić information content (AvgIpc) is 3.14. The van der Waals surface area contributed by atoms with Crippen molar-refractivity contribution in [1.29, 1.82) is 0 Å². The van der Waals surface area contributed by atoms with Crippen LogP contribution in [0.25, 0.3) is 10.6 Å². The van der Waals surface area contributed by atoms with E-state index in [1.165, 1.54) is 11.1 Å². The van der Waals surface area contributed by atoms with Crippen molar-refractivity contribution in [3.05, 3.63) is 59.4 Å². The first-order chi connectivity index (χ1) is 10.3. The zero-order valence-electron chi connectivity index (χ0n) is 12.0. The largest absolute Gasteiger partial charge is 0.309 e. The summed E-state index contributed by atoms with van der Waals surface area (Å²) < 4.78 is 1.96. The van der Waals surface area contributed by atoms with Crippen LogP contribution < -0.4 is 5.32 Å². The number of aryl methyl sites for hydroxylation is 1. The van der Waals surface area contributed by atoms with Crippen molar-refractivity contribution in [1.82, 2.24) is 20.1 Å². The number of benzene rings is 1. The van der Waals surface area contributed by atoms with Gasteiger partial charge >= 0.3 is 0 Å². The first-order valence-corrected chi connectivity index (χ1v) is 7.89. The monoisotopic (exact) mass is 298 g/mol. The van der Waals surface area contributed by atoms with Gasteiger partial charge in [0.2, 0.25) is 0 Å². The molecule has 2 aromatic heterocycles. The van der Waals surface area contributed by atoms with Crippen molar-refractivity contribution in [2.24, 2.45) is 0 Å². The van der Waals surface area contributed by atoms with Crippen molar-refractivity contribution >= 4 is 11.3 Å². The Morgan fingerprint density at radius 3 is 2.86 bits per heavy atom. The number of aromatic nitrogens is 3. The zero-order valence-corrected chi connectivity index (χ0v) is 12.8. The van der Waals surface area contributed by atoms with Gasteiger partial charge in [-0.2, -0.15) is 5.10 Å². The lowest BCUT2D eigenvalue weighted by Gasteiger charge is -2.03. The third kappa shape index (κ3) is 3.77. The third-order valence-corrected chi connectivity index (χ3v) is 4.10. The van der Waals surface area contributed by atoms with Crippen LogP contribution in [0.2, 0.25) is 0 Å². The summed E-state index contributed by atoms with van der Waals surface area (Å²) in [5, 5.41) is 10.9. The van der Waals surface area contributed by atoms with Gasteiger partial charge in [-0.3, -0.25) is 4.68 Å². The summed E-state index contributed by atoms with van der Waals surface area (Å²) in [4.78, 5) is 4.66. The minimum absolute atomic E-state index is 0.795. The fourth-order valence-corrected chi connectivity index (χ4v) is 2.93. The molecule has 0 spiro atoms. The molecule has 0 amide bonds. The molecule has 0 atom stereocenters. The topological polar surface area (TPSA) is 42.7 Å². The van der Waals surface area contributed by atoms with E-state index in [2.05, 4.69) is 46.0 Å². The van der Waals surface area contributed by atoms with Gasteiger partial charge in [-0.1, -0.05) is 30.3 Å². The number of nitrogens with one attached hydrogen (secondary N) is 1. The Morgan fingerprint density at radius 2 is 2.10 bits per heavy atom. The standard InChI is InChI=1S/C16H18N4S/c1-13-9-18-20(11-13)8-7-17-10-15-12-21-16(19-15)14-5-3-2-4-6-14/h2-6,9,11-12,17H,7-8,10H2,1H3. The molecule has 0 fully saturated rings. The number of hydrogen-bond acceptors (Lipinski definition) is 4. The highest BCUT2D eigenvalue weighted by Crippen LogP contribution is 2.22. The first kappa shape index (κ1) is 14.0. The molecule has 0 radical (unpaired) electrons. The van der Waals surface area contributed by atoms with Gasteiger partial charge in [0, 0.05) is 30.2 Å². The molecule has 0 aliphatic heterocycles. The van der Waals surface area contributed by atoms with Gasteiger partial charge in [0.25, 0.3) is 0 Å². The van der Waals surface area contributed by atoms with E-state index in [-0.39, 0.29) is 0 Å². The van der Waals surface area contributed by atoms with Crippen molar-refractivity contribution in [3.8, 4) is 10.6 Å². The van der Waals surface area contributed by atoms with E-state index >= 15 is 0 Å². The van der Waals surface area contributed by atoms with Crippen LogP contribution in [0.4, 0.5) is 0 Å². The van der Waals surface area contributed by atoms with Crippen molar-refractivity contribution < 1.29 is 0 Å². The van der Waals surface area contributed by atoms with Crippen LogP contribution in [-0.4, -0.2) is 21.3 Å². The quantitative estimate of drug-likeness (QED) is 0.711. The second-order valence-corrected chi connectivity index (χ2v) is 5.83. The lowest BCUT2D eigenvalue weighted by molar-refractivity contribution is 0.552. The predicted molar refractivity (Wildman–Crippen MR) is 86.2 cm³/mol. The SMILES string of the molecule is Cc1cnn(CCNCc2csc(-c3ccccc3)n2)c1. The van der Waals surface area contributed by atoms with Crippen LogP contribution in [-0.2, 0) is 13.1 Å². The second kappa shape index (κ2) is 6.65. The summed E-state index contributed by atoms with van der Waals surface area (Å²) in [7, 11) is 0. The third-order valence-electron chi connectivity index (χ3n) is 3.16. The molecule has 4 nitrogen and oxygen atoms in total. The van der Waals surface area contributed by atoms with E-state index in [9.17, 15) is 0 Å². The van der Waals surface area contributed by atoms with E-state index in [4.69, 9.17) is 0 Å². The zero-order chi connectivity index (χ0) is 14.5. The van der Waals surface area contributed by atoms with Crippen LogP contribution in [0, 0.1) is 6.92 Å². The predicted octanol–water partition coefficient (Wildman–Crippen LogP) is 3.10. The Morgan fingerprint density at radius 1 is 1.24 bits per heavy atom. The summed E-state index contributed by atoms with van der Waals surface area (Å²) in [5.41, 5.74) is 3.47. The van der Waals surface area contributed by atoms with Crippen LogP contribution >= 0.6 is 11.3 Å².